The Morgan fingerprint density at radius 3 is 2.73 bits per heavy atom. The van der Waals surface area contributed by atoms with E-state index in [9.17, 15) is 9.70 Å². The molecule has 0 aliphatic carbocycles. The SMILES string of the molecule is CC(C)Nc1ccc(C(=O)ON=O)cn1. The van der Waals surface area contributed by atoms with E-state index in [1.165, 1.54) is 12.3 Å². The van der Waals surface area contributed by atoms with Crippen LogP contribution in [-0.4, -0.2) is 17.0 Å². The van der Waals surface area contributed by atoms with E-state index in [1.807, 2.05) is 19.2 Å². The molecule has 0 spiro atoms. The Morgan fingerprint density at radius 1 is 1.53 bits per heavy atom. The van der Waals surface area contributed by atoms with Crippen LogP contribution >= 0.6 is 0 Å². The molecule has 0 fully saturated rings. The first-order chi connectivity index (χ1) is 7.13. The minimum absolute atomic E-state index is 0.184. The molecule has 80 valence electrons. The van der Waals surface area contributed by atoms with Gasteiger partial charge in [-0.2, -0.15) is 0 Å². The Morgan fingerprint density at radius 2 is 2.27 bits per heavy atom. The molecule has 6 heteroatoms. The Labute approximate surface area is 86.6 Å². The average Bonchev–Trinajstić information content (AvgIpc) is 2.18. The largest absolute Gasteiger partial charge is 0.370 e. The number of aromatic nitrogens is 1. The van der Waals surface area contributed by atoms with Crippen LogP contribution in [0.1, 0.15) is 24.2 Å². The van der Waals surface area contributed by atoms with Crippen molar-refractivity contribution in [2.45, 2.75) is 19.9 Å². The summed E-state index contributed by atoms with van der Waals surface area (Å²) in [4.78, 5) is 28.6. The first-order valence-corrected chi connectivity index (χ1v) is 4.40. The van der Waals surface area contributed by atoms with Crippen molar-refractivity contribution in [3.8, 4) is 0 Å². The molecule has 0 bridgehead atoms. The van der Waals surface area contributed by atoms with Gasteiger partial charge in [0.2, 0.25) is 0 Å². The molecule has 0 saturated carbocycles. The van der Waals surface area contributed by atoms with Crippen LogP contribution in [0.15, 0.2) is 23.7 Å². The second kappa shape index (κ2) is 5.04. The number of carbonyl (C=O) groups is 1. The highest BCUT2D eigenvalue weighted by molar-refractivity contribution is 5.89. The van der Waals surface area contributed by atoms with Crippen molar-refractivity contribution < 1.29 is 9.63 Å². The first kappa shape index (κ1) is 11.1. The molecule has 0 amide bonds. The zero-order chi connectivity index (χ0) is 11.3. The predicted octanol–water partition coefficient (Wildman–Crippen LogP) is 1.74. The van der Waals surface area contributed by atoms with Crippen LogP contribution in [0.2, 0.25) is 0 Å². The van der Waals surface area contributed by atoms with Gasteiger partial charge in [-0.05, 0) is 26.0 Å². The van der Waals surface area contributed by atoms with Crippen LogP contribution in [0.25, 0.3) is 0 Å². The van der Waals surface area contributed by atoms with Crippen molar-refractivity contribution >= 4 is 11.8 Å². The number of anilines is 1. The fourth-order valence-corrected chi connectivity index (χ4v) is 0.982. The third-order valence-electron chi connectivity index (χ3n) is 1.56. The van der Waals surface area contributed by atoms with Crippen molar-refractivity contribution in [2.75, 3.05) is 5.32 Å². The molecule has 1 heterocycles. The Bertz CT molecular complexity index is 348. The van der Waals surface area contributed by atoms with Crippen LogP contribution in [0.3, 0.4) is 0 Å². The number of pyridine rings is 1. The van der Waals surface area contributed by atoms with Crippen molar-refractivity contribution in [2.24, 2.45) is 5.34 Å². The van der Waals surface area contributed by atoms with Gasteiger partial charge in [0.15, 0.2) is 5.34 Å². The summed E-state index contributed by atoms with van der Waals surface area (Å²) in [5.74, 6) is -0.158. The lowest BCUT2D eigenvalue weighted by Gasteiger charge is -2.08. The molecule has 6 nitrogen and oxygen atoms in total. The van der Waals surface area contributed by atoms with E-state index in [1.54, 1.807) is 6.07 Å². The van der Waals surface area contributed by atoms with Gasteiger partial charge in [0.25, 0.3) is 0 Å². The maximum absolute atomic E-state index is 11.0. The van der Waals surface area contributed by atoms with E-state index in [-0.39, 0.29) is 11.6 Å². The first-order valence-electron chi connectivity index (χ1n) is 4.40. The third-order valence-corrected chi connectivity index (χ3v) is 1.56. The van der Waals surface area contributed by atoms with Crippen molar-refractivity contribution in [1.82, 2.24) is 4.98 Å². The monoisotopic (exact) mass is 209 g/mol. The highest BCUT2D eigenvalue weighted by Crippen LogP contribution is 2.07. The number of hydrogen-bond acceptors (Lipinski definition) is 6. The maximum atomic E-state index is 11.0. The molecule has 1 rings (SSSR count). The molecule has 1 N–H and O–H groups in total. The zero-order valence-corrected chi connectivity index (χ0v) is 8.43. The summed E-state index contributed by atoms with van der Waals surface area (Å²) in [7, 11) is 0. The number of nitrogens with one attached hydrogen (secondary N) is 1. The van der Waals surface area contributed by atoms with E-state index in [4.69, 9.17) is 0 Å². The van der Waals surface area contributed by atoms with Gasteiger partial charge < -0.3 is 5.32 Å². The molecule has 0 unspecified atom stereocenters. The van der Waals surface area contributed by atoms with Gasteiger partial charge >= 0.3 is 5.97 Å². The second-order valence-corrected chi connectivity index (χ2v) is 3.18. The van der Waals surface area contributed by atoms with E-state index in [0.29, 0.717) is 5.82 Å². The Kier molecular flexibility index (Phi) is 3.73. The normalized spacial score (nSPS) is 9.80. The summed E-state index contributed by atoms with van der Waals surface area (Å²) in [6, 6.07) is 3.39. The Balaban J connectivity index is 2.71. The smallest absolute Gasteiger partial charge is 0.368 e. The average molecular weight is 209 g/mol. The van der Waals surface area contributed by atoms with Gasteiger partial charge in [-0.15, -0.1) is 4.91 Å². The van der Waals surface area contributed by atoms with Gasteiger partial charge in [0.1, 0.15) is 5.82 Å². The fraction of sp³-hybridized carbons (Fsp3) is 0.333. The van der Waals surface area contributed by atoms with Crippen molar-refractivity contribution in [3.05, 3.63) is 28.8 Å². The van der Waals surface area contributed by atoms with E-state index < -0.39 is 5.97 Å². The van der Waals surface area contributed by atoms with Crippen LogP contribution in [-0.2, 0) is 4.84 Å². The zero-order valence-electron chi connectivity index (χ0n) is 8.43. The van der Waals surface area contributed by atoms with Gasteiger partial charge in [0, 0.05) is 12.2 Å². The van der Waals surface area contributed by atoms with E-state index in [2.05, 4.69) is 15.1 Å². The lowest BCUT2D eigenvalue weighted by Crippen LogP contribution is -2.11. The van der Waals surface area contributed by atoms with E-state index >= 15 is 0 Å². The molecule has 15 heavy (non-hydrogen) atoms. The van der Waals surface area contributed by atoms with Crippen LogP contribution < -0.4 is 5.32 Å². The molecule has 0 radical (unpaired) electrons. The third kappa shape index (κ3) is 3.34. The van der Waals surface area contributed by atoms with Crippen molar-refractivity contribution in [3.63, 3.8) is 0 Å². The molecule has 1 aromatic heterocycles. The molecule has 0 saturated heterocycles. The topological polar surface area (TPSA) is 80.6 Å². The van der Waals surface area contributed by atoms with Crippen molar-refractivity contribution in [1.29, 1.82) is 0 Å². The summed E-state index contributed by atoms with van der Waals surface area (Å²) in [5.41, 5.74) is 0.184. The minimum atomic E-state index is -0.811. The highest BCUT2D eigenvalue weighted by Gasteiger charge is 2.08. The molecule has 1 aromatic rings. The van der Waals surface area contributed by atoms with Gasteiger partial charge in [-0.3, -0.25) is 4.84 Å². The summed E-state index contributed by atoms with van der Waals surface area (Å²) in [6.45, 7) is 3.94. The molecular weight excluding hydrogens is 198 g/mol. The van der Waals surface area contributed by atoms with E-state index in [0.717, 1.165) is 0 Å². The summed E-state index contributed by atoms with van der Waals surface area (Å²) in [6.07, 6.45) is 1.32. The summed E-state index contributed by atoms with van der Waals surface area (Å²) >= 11 is 0. The molecular formula is C9H11N3O3. The number of nitrogens with zero attached hydrogens (tertiary/aromatic N) is 2. The lowest BCUT2D eigenvalue weighted by atomic mass is 10.3. The summed E-state index contributed by atoms with van der Waals surface area (Å²) in [5, 5.41) is 5.09. The fourth-order valence-electron chi connectivity index (χ4n) is 0.982. The lowest BCUT2D eigenvalue weighted by molar-refractivity contribution is 0.0508. The van der Waals surface area contributed by atoms with Crippen LogP contribution in [0.5, 0.6) is 0 Å². The second-order valence-electron chi connectivity index (χ2n) is 3.18. The summed E-state index contributed by atoms with van der Waals surface area (Å²) < 4.78 is 0. The van der Waals surface area contributed by atoms with Gasteiger partial charge in [-0.25, -0.2) is 9.78 Å². The highest BCUT2D eigenvalue weighted by atomic mass is 16.7. The molecule has 0 atom stereocenters. The quantitative estimate of drug-likeness (QED) is 0.603. The number of hydrogen-bond donors (Lipinski definition) is 1. The van der Waals surface area contributed by atoms with Crippen LogP contribution in [0.4, 0.5) is 5.82 Å². The minimum Gasteiger partial charge on any atom is -0.368 e. The number of carbonyl (C=O) groups excluding carboxylic acids is 1. The standard InChI is InChI=1S/C9H11N3O3/c1-6(2)11-8-4-3-7(5-10-8)9(13)15-12-14/h3-6H,1-2H3,(H,10,11). The van der Waals surface area contributed by atoms with Gasteiger partial charge in [-0.1, -0.05) is 0 Å². The molecule has 0 aromatic carbocycles. The predicted molar refractivity (Wildman–Crippen MR) is 54.2 cm³/mol. The molecule has 0 aliphatic rings. The molecule has 0 aliphatic heterocycles. The maximum Gasteiger partial charge on any atom is 0.370 e. The Hall–Kier alpha value is -1.98. The number of rotatable bonds is 4. The van der Waals surface area contributed by atoms with Gasteiger partial charge in [0.05, 0.1) is 5.56 Å². The van der Waals surface area contributed by atoms with Crippen LogP contribution in [0, 0.1) is 4.91 Å².